The average Bonchev–Trinajstić information content (AvgIpc) is 2.38. The predicted molar refractivity (Wildman–Crippen MR) is 79.7 cm³/mol. The van der Waals surface area contributed by atoms with Crippen molar-refractivity contribution in [1.29, 1.82) is 0 Å². The summed E-state index contributed by atoms with van der Waals surface area (Å²) in [6, 6.07) is 4.24. The van der Waals surface area contributed by atoms with Crippen LogP contribution < -0.4 is 5.32 Å². The molecule has 2 heterocycles. The zero-order valence-corrected chi connectivity index (χ0v) is 11.9. The second kappa shape index (κ2) is 5.44. The predicted octanol–water partition coefficient (Wildman–Crippen LogP) is 4.53. The Kier molecular flexibility index (Phi) is 3.92. The molecule has 0 bridgehead atoms. The Hall–Kier alpha value is -1.48. The number of allylic oxidation sites excluding steroid dienone is 4. The highest BCUT2D eigenvalue weighted by atomic mass is 32.2. The van der Waals surface area contributed by atoms with Crippen LogP contribution in [0, 0.1) is 0 Å². The molecule has 0 unspecified atom stereocenters. The van der Waals surface area contributed by atoms with Crippen molar-refractivity contribution in [3.8, 4) is 0 Å². The lowest BCUT2D eigenvalue weighted by atomic mass is 10.1. The molecule has 1 aromatic rings. The van der Waals surface area contributed by atoms with Crippen LogP contribution in [0.4, 0.5) is 5.82 Å². The Labute approximate surface area is 113 Å². The number of fused-ring (bicyclic) bond motifs is 1. The van der Waals surface area contributed by atoms with E-state index in [-0.39, 0.29) is 0 Å². The van der Waals surface area contributed by atoms with Gasteiger partial charge >= 0.3 is 0 Å². The van der Waals surface area contributed by atoms with E-state index in [0.717, 1.165) is 17.3 Å². The number of nitrogens with zero attached hydrogens (tertiary/aromatic N) is 1. The van der Waals surface area contributed by atoms with Crippen LogP contribution in [0.15, 0.2) is 52.1 Å². The van der Waals surface area contributed by atoms with Gasteiger partial charge in [-0.25, -0.2) is 4.98 Å². The Bertz CT molecular complexity index is 541. The SMILES string of the molecule is C=C/C(C)=C(/C)Sc1ccc2c(n1)NC=C(C)C2. The molecule has 1 aliphatic rings. The van der Waals surface area contributed by atoms with Crippen LogP contribution in [0.1, 0.15) is 26.3 Å². The highest BCUT2D eigenvalue weighted by Gasteiger charge is 2.10. The van der Waals surface area contributed by atoms with Gasteiger partial charge in [0.15, 0.2) is 0 Å². The highest BCUT2D eigenvalue weighted by molar-refractivity contribution is 8.03. The minimum atomic E-state index is 0.981. The molecule has 1 aromatic heterocycles. The number of anilines is 1. The maximum absolute atomic E-state index is 4.64. The molecule has 2 rings (SSSR count). The number of nitrogens with one attached hydrogen (secondary N) is 1. The first kappa shape index (κ1) is 13.0. The summed E-state index contributed by atoms with van der Waals surface area (Å²) in [7, 11) is 0. The van der Waals surface area contributed by atoms with E-state index in [2.05, 4.69) is 49.8 Å². The van der Waals surface area contributed by atoms with Gasteiger partial charge in [-0.15, -0.1) is 0 Å². The monoisotopic (exact) mass is 258 g/mol. The standard InChI is InChI=1S/C15H18N2S/c1-5-11(3)12(4)18-14-7-6-13-8-10(2)9-16-15(13)17-14/h5-7,9H,1,8H2,2-4H3,(H,16,17)/b12-11-. The number of rotatable bonds is 3. The van der Waals surface area contributed by atoms with Gasteiger partial charge in [0.25, 0.3) is 0 Å². The third-order valence-corrected chi connectivity index (χ3v) is 4.06. The van der Waals surface area contributed by atoms with Gasteiger partial charge in [-0.05, 0) is 49.3 Å². The molecule has 2 nitrogen and oxygen atoms in total. The summed E-state index contributed by atoms with van der Waals surface area (Å²) in [5, 5.41) is 4.27. The largest absolute Gasteiger partial charge is 0.346 e. The van der Waals surface area contributed by atoms with Crippen molar-refractivity contribution in [2.75, 3.05) is 5.32 Å². The van der Waals surface area contributed by atoms with Crippen LogP contribution in [0.2, 0.25) is 0 Å². The van der Waals surface area contributed by atoms with Crippen molar-refractivity contribution in [3.05, 3.63) is 52.6 Å². The number of hydrogen-bond donors (Lipinski definition) is 1. The molecule has 0 aromatic carbocycles. The summed E-state index contributed by atoms with van der Waals surface area (Å²) in [5.41, 5.74) is 3.80. The first-order chi connectivity index (χ1) is 8.60. The van der Waals surface area contributed by atoms with Crippen LogP contribution in [0.5, 0.6) is 0 Å². The third-order valence-electron chi connectivity index (χ3n) is 3.00. The van der Waals surface area contributed by atoms with Crippen molar-refractivity contribution in [2.45, 2.75) is 32.2 Å². The molecular formula is C15H18N2S. The van der Waals surface area contributed by atoms with Crippen molar-refractivity contribution >= 4 is 17.6 Å². The minimum Gasteiger partial charge on any atom is -0.346 e. The summed E-state index contributed by atoms with van der Waals surface area (Å²) >= 11 is 1.69. The van der Waals surface area contributed by atoms with Crippen molar-refractivity contribution < 1.29 is 0 Å². The van der Waals surface area contributed by atoms with Gasteiger partial charge in [0, 0.05) is 6.20 Å². The fraction of sp³-hybridized carbons (Fsp3) is 0.267. The van der Waals surface area contributed by atoms with Crippen LogP contribution in [-0.2, 0) is 6.42 Å². The number of hydrogen-bond acceptors (Lipinski definition) is 3. The van der Waals surface area contributed by atoms with Gasteiger partial charge < -0.3 is 5.32 Å². The fourth-order valence-corrected chi connectivity index (χ4v) is 2.55. The molecule has 0 saturated carbocycles. The van der Waals surface area contributed by atoms with Crippen LogP contribution >= 0.6 is 11.8 Å². The lowest BCUT2D eigenvalue weighted by Gasteiger charge is -2.16. The molecule has 1 N–H and O–H groups in total. The van der Waals surface area contributed by atoms with Gasteiger partial charge in [0.1, 0.15) is 10.8 Å². The molecule has 18 heavy (non-hydrogen) atoms. The summed E-state index contributed by atoms with van der Waals surface area (Å²) in [5.74, 6) is 0.981. The fourth-order valence-electron chi connectivity index (χ4n) is 1.72. The molecule has 0 radical (unpaired) electrons. The summed E-state index contributed by atoms with van der Waals surface area (Å²) in [6.45, 7) is 10.1. The van der Waals surface area contributed by atoms with Crippen molar-refractivity contribution in [2.24, 2.45) is 0 Å². The van der Waals surface area contributed by atoms with Gasteiger partial charge in [0.2, 0.25) is 0 Å². The molecule has 3 heteroatoms. The van der Waals surface area contributed by atoms with E-state index in [0.29, 0.717) is 0 Å². The number of thioether (sulfide) groups is 1. The van der Waals surface area contributed by atoms with E-state index in [1.807, 2.05) is 12.3 Å². The molecule has 94 valence electrons. The molecule has 1 aliphatic heterocycles. The molecule has 0 saturated heterocycles. The zero-order chi connectivity index (χ0) is 13.1. The molecule has 0 atom stereocenters. The van der Waals surface area contributed by atoms with Gasteiger partial charge in [-0.2, -0.15) is 0 Å². The normalized spacial score (nSPS) is 15.2. The number of aromatic nitrogens is 1. The topological polar surface area (TPSA) is 24.9 Å². The van der Waals surface area contributed by atoms with E-state index in [1.54, 1.807) is 11.8 Å². The van der Waals surface area contributed by atoms with Gasteiger partial charge in [-0.1, -0.05) is 36.1 Å². The Morgan fingerprint density at radius 3 is 2.94 bits per heavy atom. The minimum absolute atomic E-state index is 0.981. The van der Waals surface area contributed by atoms with Crippen LogP contribution in [0.25, 0.3) is 0 Å². The molecule has 0 aliphatic carbocycles. The molecule has 0 amide bonds. The van der Waals surface area contributed by atoms with E-state index in [4.69, 9.17) is 0 Å². The van der Waals surface area contributed by atoms with E-state index >= 15 is 0 Å². The van der Waals surface area contributed by atoms with E-state index in [1.165, 1.54) is 21.6 Å². The Morgan fingerprint density at radius 2 is 2.22 bits per heavy atom. The second-order valence-electron chi connectivity index (χ2n) is 4.51. The quantitative estimate of drug-likeness (QED) is 0.637. The molecule has 0 fully saturated rings. The highest BCUT2D eigenvalue weighted by Crippen LogP contribution is 2.30. The van der Waals surface area contributed by atoms with E-state index in [9.17, 15) is 0 Å². The van der Waals surface area contributed by atoms with Gasteiger partial charge in [-0.3, -0.25) is 0 Å². The van der Waals surface area contributed by atoms with Crippen molar-refractivity contribution in [3.63, 3.8) is 0 Å². The maximum Gasteiger partial charge on any atom is 0.134 e. The van der Waals surface area contributed by atoms with Crippen LogP contribution in [-0.4, -0.2) is 4.98 Å². The van der Waals surface area contributed by atoms with Crippen molar-refractivity contribution in [1.82, 2.24) is 4.98 Å². The summed E-state index contributed by atoms with van der Waals surface area (Å²) < 4.78 is 0. The summed E-state index contributed by atoms with van der Waals surface area (Å²) in [6.07, 6.45) is 4.90. The second-order valence-corrected chi connectivity index (χ2v) is 5.75. The third kappa shape index (κ3) is 2.85. The van der Waals surface area contributed by atoms with E-state index < -0.39 is 0 Å². The van der Waals surface area contributed by atoms with Gasteiger partial charge in [0.05, 0.1) is 0 Å². The molecule has 0 spiro atoms. The molecular weight excluding hydrogens is 240 g/mol. The van der Waals surface area contributed by atoms with Crippen LogP contribution in [0.3, 0.4) is 0 Å². The first-order valence-electron chi connectivity index (χ1n) is 6.00. The average molecular weight is 258 g/mol. The zero-order valence-electron chi connectivity index (χ0n) is 11.1. The smallest absolute Gasteiger partial charge is 0.134 e. The lowest BCUT2D eigenvalue weighted by molar-refractivity contribution is 1.03. The first-order valence-corrected chi connectivity index (χ1v) is 6.81. The Morgan fingerprint density at radius 1 is 1.44 bits per heavy atom. The lowest BCUT2D eigenvalue weighted by Crippen LogP contribution is -2.06. The maximum atomic E-state index is 4.64. The Balaban J connectivity index is 2.22. The summed E-state index contributed by atoms with van der Waals surface area (Å²) in [4.78, 5) is 5.88. The number of pyridine rings is 1.